The van der Waals surface area contributed by atoms with Crippen LogP contribution in [-0.2, 0) is 16.0 Å². The van der Waals surface area contributed by atoms with E-state index in [-0.39, 0.29) is 12.6 Å². The molecule has 4 nitrogen and oxygen atoms in total. The fourth-order valence-corrected chi connectivity index (χ4v) is 4.33. The van der Waals surface area contributed by atoms with Gasteiger partial charge in [-0.05, 0) is 25.0 Å². The highest BCUT2D eigenvalue weighted by Gasteiger charge is 2.41. The molecule has 5 heteroatoms. The summed E-state index contributed by atoms with van der Waals surface area (Å²) in [7, 11) is 0. The van der Waals surface area contributed by atoms with Gasteiger partial charge in [0, 0.05) is 6.42 Å². The predicted molar refractivity (Wildman–Crippen MR) is 85.4 cm³/mol. The molecule has 1 aromatic carbocycles. The summed E-state index contributed by atoms with van der Waals surface area (Å²) in [4.78, 5) is 17.2. The van der Waals surface area contributed by atoms with E-state index in [0.717, 1.165) is 47.3 Å². The Balaban J connectivity index is 1.86. The van der Waals surface area contributed by atoms with Gasteiger partial charge >= 0.3 is 5.97 Å². The molecule has 1 aromatic heterocycles. The lowest BCUT2D eigenvalue weighted by Crippen LogP contribution is -2.37. The van der Waals surface area contributed by atoms with Gasteiger partial charge in [0.1, 0.15) is 6.07 Å². The van der Waals surface area contributed by atoms with Crippen molar-refractivity contribution in [2.45, 2.75) is 38.5 Å². The number of nitriles is 1. The van der Waals surface area contributed by atoms with Crippen LogP contribution >= 0.6 is 11.3 Å². The molecule has 0 aliphatic heterocycles. The van der Waals surface area contributed by atoms with Crippen molar-refractivity contribution in [2.75, 3.05) is 6.61 Å². The highest BCUT2D eigenvalue weighted by Crippen LogP contribution is 2.41. The zero-order valence-corrected chi connectivity index (χ0v) is 13.2. The number of aromatic nitrogens is 1. The number of esters is 1. The molecule has 114 valence electrons. The maximum atomic E-state index is 12.5. The largest absolute Gasteiger partial charge is 0.450 e. The van der Waals surface area contributed by atoms with Gasteiger partial charge in [0.2, 0.25) is 0 Å². The molecular weight excluding hydrogens is 296 g/mol. The van der Waals surface area contributed by atoms with Gasteiger partial charge in [0.05, 0.1) is 20.6 Å². The Morgan fingerprint density at radius 2 is 2.09 bits per heavy atom. The van der Waals surface area contributed by atoms with E-state index in [1.165, 1.54) is 0 Å². The third kappa shape index (κ3) is 2.97. The highest BCUT2D eigenvalue weighted by atomic mass is 32.1. The zero-order valence-electron chi connectivity index (χ0n) is 12.4. The Morgan fingerprint density at radius 3 is 2.82 bits per heavy atom. The van der Waals surface area contributed by atoms with E-state index in [0.29, 0.717) is 6.42 Å². The number of benzene rings is 1. The van der Waals surface area contributed by atoms with Crippen LogP contribution in [0.3, 0.4) is 0 Å². The molecule has 1 aliphatic rings. The van der Waals surface area contributed by atoms with E-state index < -0.39 is 5.41 Å². The minimum absolute atomic E-state index is 0.166. The molecule has 1 heterocycles. The third-order valence-corrected chi connectivity index (χ3v) is 5.38. The van der Waals surface area contributed by atoms with Gasteiger partial charge in [-0.15, -0.1) is 11.3 Å². The average Bonchev–Trinajstić information content (AvgIpc) is 2.95. The average molecular weight is 314 g/mol. The molecule has 2 aromatic rings. The normalized spacial score (nSPS) is 17.0. The van der Waals surface area contributed by atoms with E-state index in [9.17, 15) is 4.79 Å². The van der Waals surface area contributed by atoms with Crippen molar-refractivity contribution in [1.82, 2.24) is 4.98 Å². The van der Waals surface area contributed by atoms with E-state index >= 15 is 0 Å². The molecule has 1 aliphatic carbocycles. The summed E-state index contributed by atoms with van der Waals surface area (Å²) in [6.07, 6.45) is 5.50. The number of thiazole rings is 1. The summed E-state index contributed by atoms with van der Waals surface area (Å²) in [5.74, 6) is -0.229. The summed E-state index contributed by atoms with van der Waals surface area (Å²) < 4.78 is 6.30. The molecule has 0 saturated heterocycles. The second-order valence-corrected chi connectivity index (χ2v) is 6.94. The van der Waals surface area contributed by atoms with Crippen LogP contribution in [0, 0.1) is 16.7 Å². The van der Waals surface area contributed by atoms with Gasteiger partial charge in [0.15, 0.2) is 6.61 Å². The fourth-order valence-electron chi connectivity index (χ4n) is 3.22. The highest BCUT2D eigenvalue weighted by molar-refractivity contribution is 7.18. The molecule has 1 saturated carbocycles. The number of hydrogen-bond donors (Lipinski definition) is 0. The molecular formula is C17H18N2O2S. The molecule has 0 amide bonds. The maximum absolute atomic E-state index is 12.5. The van der Waals surface area contributed by atoms with Crippen LogP contribution in [0.2, 0.25) is 0 Å². The van der Waals surface area contributed by atoms with Gasteiger partial charge in [-0.25, -0.2) is 4.98 Å². The second kappa shape index (κ2) is 6.45. The molecule has 0 spiro atoms. The number of carbonyl (C=O) groups excluding carboxylic acids is 1. The smallest absolute Gasteiger partial charge is 0.313 e. The van der Waals surface area contributed by atoms with Crippen molar-refractivity contribution in [3.8, 4) is 6.07 Å². The molecule has 0 atom stereocenters. The van der Waals surface area contributed by atoms with Crippen LogP contribution in [0.4, 0.5) is 0 Å². The monoisotopic (exact) mass is 314 g/mol. The second-order valence-electron chi connectivity index (χ2n) is 5.83. The first-order valence-electron chi connectivity index (χ1n) is 7.62. The van der Waals surface area contributed by atoms with Crippen molar-refractivity contribution in [3.05, 3.63) is 29.3 Å². The number of para-hydroxylation sites is 1. The molecule has 0 N–H and O–H groups in total. The van der Waals surface area contributed by atoms with Crippen LogP contribution in [0.1, 0.15) is 37.1 Å². The third-order valence-electron chi connectivity index (χ3n) is 4.34. The van der Waals surface area contributed by atoms with E-state index in [4.69, 9.17) is 10.00 Å². The summed E-state index contributed by atoms with van der Waals surface area (Å²) in [6.45, 7) is -0.166. The van der Waals surface area contributed by atoms with Crippen LogP contribution in [0.15, 0.2) is 24.3 Å². The SMILES string of the molecule is N#CCOC(=O)C1(Cc2nc3ccccc3s2)CCCCC1. The first-order valence-corrected chi connectivity index (χ1v) is 8.44. The summed E-state index contributed by atoms with van der Waals surface area (Å²) in [5.41, 5.74) is 0.488. The minimum Gasteiger partial charge on any atom is -0.450 e. The van der Waals surface area contributed by atoms with Crippen molar-refractivity contribution in [2.24, 2.45) is 5.41 Å². The first kappa shape index (κ1) is 15.0. The number of ether oxygens (including phenoxy) is 1. The zero-order chi connectivity index (χ0) is 15.4. The van der Waals surface area contributed by atoms with E-state index in [1.54, 1.807) is 11.3 Å². The maximum Gasteiger partial charge on any atom is 0.313 e. The quantitative estimate of drug-likeness (QED) is 0.804. The van der Waals surface area contributed by atoms with Gasteiger partial charge in [-0.1, -0.05) is 31.4 Å². The Labute approximate surface area is 133 Å². The van der Waals surface area contributed by atoms with E-state index in [1.807, 2.05) is 24.3 Å². The van der Waals surface area contributed by atoms with Crippen molar-refractivity contribution in [3.63, 3.8) is 0 Å². The molecule has 0 radical (unpaired) electrons. The number of hydrogen-bond acceptors (Lipinski definition) is 5. The van der Waals surface area contributed by atoms with Crippen molar-refractivity contribution in [1.29, 1.82) is 5.26 Å². The lowest BCUT2D eigenvalue weighted by Gasteiger charge is -2.33. The predicted octanol–water partition coefficient (Wildman–Crippen LogP) is 3.86. The van der Waals surface area contributed by atoms with Crippen LogP contribution < -0.4 is 0 Å². The Morgan fingerprint density at radius 1 is 1.32 bits per heavy atom. The fraction of sp³-hybridized carbons (Fsp3) is 0.471. The summed E-state index contributed by atoms with van der Waals surface area (Å²) in [6, 6.07) is 9.91. The summed E-state index contributed by atoms with van der Waals surface area (Å²) >= 11 is 1.65. The summed E-state index contributed by atoms with van der Waals surface area (Å²) in [5, 5.41) is 9.63. The van der Waals surface area contributed by atoms with Gasteiger partial charge in [0.25, 0.3) is 0 Å². The molecule has 0 bridgehead atoms. The molecule has 1 fully saturated rings. The molecule has 0 unspecified atom stereocenters. The van der Waals surface area contributed by atoms with Gasteiger partial charge < -0.3 is 4.74 Å². The van der Waals surface area contributed by atoms with Crippen molar-refractivity contribution < 1.29 is 9.53 Å². The number of carbonyl (C=O) groups is 1. The Hall–Kier alpha value is -1.93. The van der Waals surface area contributed by atoms with Crippen LogP contribution in [-0.4, -0.2) is 17.6 Å². The molecule has 3 rings (SSSR count). The van der Waals surface area contributed by atoms with E-state index in [2.05, 4.69) is 11.1 Å². The lowest BCUT2D eigenvalue weighted by atomic mass is 9.72. The van der Waals surface area contributed by atoms with Crippen LogP contribution in [0.5, 0.6) is 0 Å². The Kier molecular flexibility index (Phi) is 4.39. The lowest BCUT2D eigenvalue weighted by molar-refractivity contribution is -0.156. The number of rotatable bonds is 4. The van der Waals surface area contributed by atoms with Crippen LogP contribution in [0.25, 0.3) is 10.2 Å². The minimum atomic E-state index is -0.497. The standard InChI is InChI=1S/C17H18N2O2S/c18-10-11-21-16(20)17(8-4-1-5-9-17)12-15-19-13-6-2-3-7-14(13)22-15/h2-3,6-7H,1,4-5,8-9,11-12H2. The number of nitrogens with zero attached hydrogens (tertiary/aromatic N) is 2. The van der Waals surface area contributed by atoms with Gasteiger partial charge in [-0.3, -0.25) is 4.79 Å². The van der Waals surface area contributed by atoms with Crippen molar-refractivity contribution >= 4 is 27.5 Å². The van der Waals surface area contributed by atoms with Gasteiger partial charge in [-0.2, -0.15) is 5.26 Å². The first-order chi connectivity index (χ1) is 10.7. The Bertz CT molecular complexity index is 678. The molecule has 22 heavy (non-hydrogen) atoms. The topological polar surface area (TPSA) is 63.0 Å². The number of fused-ring (bicyclic) bond motifs is 1.